The van der Waals surface area contributed by atoms with Gasteiger partial charge in [-0.3, -0.25) is 9.48 Å². The van der Waals surface area contributed by atoms with Crippen LogP contribution in [0, 0.1) is 0 Å². The largest absolute Gasteiger partial charge is 0.435 e. The van der Waals surface area contributed by atoms with Crippen LogP contribution in [0.3, 0.4) is 0 Å². The lowest BCUT2D eigenvalue weighted by atomic mass is 9.84. The van der Waals surface area contributed by atoms with Crippen molar-refractivity contribution >= 4 is 5.78 Å². The first-order valence-electron chi connectivity index (χ1n) is 5.98. The van der Waals surface area contributed by atoms with Crippen molar-refractivity contribution in [3.63, 3.8) is 0 Å². The molecule has 0 N–H and O–H groups in total. The van der Waals surface area contributed by atoms with Gasteiger partial charge in [0.15, 0.2) is 17.1 Å². The number of ketones is 1. The van der Waals surface area contributed by atoms with Gasteiger partial charge in [-0.05, 0) is 27.2 Å². The molecule has 0 bridgehead atoms. The van der Waals surface area contributed by atoms with Crippen LogP contribution in [-0.4, -0.2) is 15.6 Å². The highest BCUT2D eigenvalue weighted by atomic mass is 19.4. The van der Waals surface area contributed by atoms with Gasteiger partial charge in [-0.15, -0.1) is 0 Å². The molecule has 0 spiro atoms. The SMILES string of the molecule is CC(C)n1nc(C(F)(F)F)c2c1C(C)(F)CCC2=O. The number of alkyl halides is 4. The molecule has 0 saturated carbocycles. The first-order valence-corrected chi connectivity index (χ1v) is 5.98. The highest BCUT2D eigenvalue weighted by Gasteiger charge is 2.48. The lowest BCUT2D eigenvalue weighted by Crippen LogP contribution is -2.30. The van der Waals surface area contributed by atoms with E-state index in [1.165, 1.54) is 6.92 Å². The molecule has 1 aromatic rings. The Labute approximate surface area is 107 Å². The van der Waals surface area contributed by atoms with Crippen molar-refractivity contribution in [1.82, 2.24) is 9.78 Å². The van der Waals surface area contributed by atoms with E-state index in [0.29, 0.717) is 0 Å². The maximum atomic E-state index is 14.5. The molecule has 0 fully saturated rings. The van der Waals surface area contributed by atoms with Gasteiger partial charge < -0.3 is 0 Å². The number of fused-ring (bicyclic) bond motifs is 1. The summed E-state index contributed by atoms with van der Waals surface area (Å²) in [5, 5.41) is 3.44. The van der Waals surface area contributed by atoms with Gasteiger partial charge in [0.05, 0.1) is 11.3 Å². The number of Topliss-reactive ketones (excluding diaryl/α,β-unsaturated/α-hetero) is 1. The number of hydrogen-bond donors (Lipinski definition) is 0. The van der Waals surface area contributed by atoms with Gasteiger partial charge in [-0.1, -0.05) is 0 Å². The highest BCUT2D eigenvalue weighted by molar-refractivity contribution is 6.00. The molecule has 0 aliphatic heterocycles. The standard InChI is InChI=1S/C12H14F4N2O/c1-6(2)18-10-8(9(17-18)12(14,15)16)7(19)4-5-11(10,3)13/h6H,4-5H2,1-3H3. The van der Waals surface area contributed by atoms with Crippen LogP contribution in [-0.2, 0) is 11.8 Å². The second-order valence-corrected chi connectivity index (χ2v) is 5.23. The van der Waals surface area contributed by atoms with Gasteiger partial charge in [-0.2, -0.15) is 18.3 Å². The highest BCUT2D eigenvalue weighted by Crippen LogP contribution is 2.44. The van der Waals surface area contributed by atoms with Crippen LogP contribution in [0.2, 0.25) is 0 Å². The average molecular weight is 278 g/mol. The molecule has 1 atom stereocenters. The molecule has 106 valence electrons. The molecule has 0 radical (unpaired) electrons. The van der Waals surface area contributed by atoms with Crippen molar-refractivity contribution in [2.24, 2.45) is 0 Å². The fraction of sp³-hybridized carbons (Fsp3) is 0.667. The van der Waals surface area contributed by atoms with Crippen molar-refractivity contribution < 1.29 is 22.4 Å². The second-order valence-electron chi connectivity index (χ2n) is 5.23. The summed E-state index contributed by atoms with van der Waals surface area (Å²) in [4.78, 5) is 11.8. The Kier molecular flexibility index (Phi) is 2.98. The lowest BCUT2D eigenvalue weighted by Gasteiger charge is -2.27. The van der Waals surface area contributed by atoms with Crippen LogP contribution in [0.25, 0.3) is 0 Å². The number of carbonyl (C=O) groups is 1. The van der Waals surface area contributed by atoms with Crippen molar-refractivity contribution in [2.75, 3.05) is 0 Å². The smallest absolute Gasteiger partial charge is 0.294 e. The summed E-state index contributed by atoms with van der Waals surface area (Å²) >= 11 is 0. The molecule has 7 heteroatoms. The van der Waals surface area contributed by atoms with Crippen molar-refractivity contribution in [3.05, 3.63) is 17.0 Å². The van der Waals surface area contributed by atoms with E-state index in [-0.39, 0.29) is 18.5 Å². The summed E-state index contributed by atoms with van der Waals surface area (Å²) in [7, 11) is 0. The molecule has 0 aromatic carbocycles. The summed E-state index contributed by atoms with van der Waals surface area (Å²) in [5.41, 5.74) is -4.09. The molecular formula is C12H14F4N2O. The summed E-state index contributed by atoms with van der Waals surface area (Å²) < 4.78 is 54.2. The molecule has 0 amide bonds. The molecule has 1 aliphatic rings. The van der Waals surface area contributed by atoms with Gasteiger partial charge in [0.1, 0.15) is 0 Å². The van der Waals surface area contributed by atoms with Gasteiger partial charge >= 0.3 is 6.18 Å². The summed E-state index contributed by atoms with van der Waals surface area (Å²) in [6, 6.07) is -0.453. The quantitative estimate of drug-likeness (QED) is 0.735. The topological polar surface area (TPSA) is 34.9 Å². The lowest BCUT2D eigenvalue weighted by molar-refractivity contribution is -0.141. The number of nitrogens with zero attached hydrogens (tertiary/aromatic N) is 2. The molecule has 19 heavy (non-hydrogen) atoms. The Hall–Kier alpha value is -1.40. The third-order valence-corrected chi connectivity index (χ3v) is 3.26. The van der Waals surface area contributed by atoms with Crippen LogP contribution in [0.5, 0.6) is 0 Å². The van der Waals surface area contributed by atoms with E-state index in [1.54, 1.807) is 13.8 Å². The number of rotatable bonds is 1. The number of hydrogen-bond acceptors (Lipinski definition) is 2. The van der Waals surface area contributed by atoms with Crippen LogP contribution in [0.15, 0.2) is 0 Å². The zero-order valence-corrected chi connectivity index (χ0v) is 10.8. The molecule has 1 aromatic heterocycles. The van der Waals surface area contributed by atoms with Gasteiger partial charge in [0.2, 0.25) is 0 Å². The third-order valence-electron chi connectivity index (χ3n) is 3.26. The first-order chi connectivity index (χ1) is 8.55. The van der Waals surface area contributed by atoms with Gasteiger partial charge in [0, 0.05) is 12.5 Å². The molecule has 1 aliphatic carbocycles. The minimum Gasteiger partial charge on any atom is -0.294 e. The van der Waals surface area contributed by atoms with Crippen LogP contribution >= 0.6 is 0 Å². The second kappa shape index (κ2) is 4.05. The fourth-order valence-corrected chi connectivity index (χ4v) is 2.36. The third kappa shape index (κ3) is 2.15. The maximum absolute atomic E-state index is 14.5. The minimum absolute atomic E-state index is 0.117. The Morgan fingerprint density at radius 1 is 1.37 bits per heavy atom. The summed E-state index contributed by atoms with van der Waals surface area (Å²) in [5.74, 6) is -0.690. The predicted octanol–water partition coefficient (Wildman–Crippen LogP) is 3.64. The normalized spacial score (nSPS) is 23.9. The zero-order chi connectivity index (χ0) is 14.6. The number of carbonyl (C=O) groups excluding carboxylic acids is 1. The summed E-state index contributed by atoms with van der Waals surface area (Å²) in [6.07, 6.45) is -5.10. The maximum Gasteiger partial charge on any atom is 0.435 e. The predicted molar refractivity (Wildman–Crippen MR) is 59.6 cm³/mol. The Morgan fingerprint density at radius 3 is 2.42 bits per heavy atom. The molecule has 0 saturated heterocycles. The van der Waals surface area contributed by atoms with Gasteiger partial charge in [0.25, 0.3) is 0 Å². The van der Waals surface area contributed by atoms with Gasteiger partial charge in [-0.25, -0.2) is 4.39 Å². The van der Waals surface area contributed by atoms with Crippen LogP contribution in [0.1, 0.15) is 61.4 Å². The van der Waals surface area contributed by atoms with E-state index < -0.39 is 34.9 Å². The van der Waals surface area contributed by atoms with E-state index >= 15 is 0 Å². The molecular weight excluding hydrogens is 264 g/mol. The molecule has 3 nitrogen and oxygen atoms in total. The zero-order valence-electron chi connectivity index (χ0n) is 10.8. The van der Waals surface area contributed by atoms with Crippen molar-refractivity contribution in [1.29, 1.82) is 0 Å². The van der Waals surface area contributed by atoms with E-state index in [1.807, 2.05) is 0 Å². The fourth-order valence-electron chi connectivity index (χ4n) is 2.36. The minimum atomic E-state index is -4.76. The summed E-state index contributed by atoms with van der Waals surface area (Å²) in [6.45, 7) is 4.39. The average Bonchev–Trinajstić information content (AvgIpc) is 2.65. The van der Waals surface area contributed by atoms with E-state index in [2.05, 4.69) is 5.10 Å². The van der Waals surface area contributed by atoms with E-state index in [0.717, 1.165) is 4.68 Å². The number of halogens is 4. The Bertz CT molecular complexity index is 529. The Morgan fingerprint density at radius 2 is 1.95 bits per heavy atom. The van der Waals surface area contributed by atoms with Crippen LogP contribution < -0.4 is 0 Å². The Balaban J connectivity index is 2.79. The molecule has 1 unspecified atom stereocenters. The monoisotopic (exact) mass is 278 g/mol. The van der Waals surface area contributed by atoms with E-state index in [4.69, 9.17) is 0 Å². The number of aromatic nitrogens is 2. The molecule has 2 rings (SSSR count). The first kappa shape index (κ1) is 14.0. The molecule has 1 heterocycles. The van der Waals surface area contributed by atoms with Crippen molar-refractivity contribution in [2.45, 2.75) is 51.5 Å². The van der Waals surface area contributed by atoms with Crippen molar-refractivity contribution in [3.8, 4) is 0 Å². The van der Waals surface area contributed by atoms with E-state index in [9.17, 15) is 22.4 Å². The van der Waals surface area contributed by atoms with Crippen LogP contribution in [0.4, 0.5) is 17.6 Å².